The average Bonchev–Trinajstić information content (AvgIpc) is 2.66. The predicted molar refractivity (Wildman–Crippen MR) is 109 cm³/mol. The predicted octanol–water partition coefficient (Wildman–Crippen LogP) is 4.37. The van der Waals surface area contributed by atoms with E-state index in [1.165, 1.54) is 0 Å². The van der Waals surface area contributed by atoms with E-state index in [2.05, 4.69) is 46.4 Å². The fraction of sp³-hybridized carbons (Fsp3) is 0.286. The molecule has 3 rings (SSSR count). The van der Waals surface area contributed by atoms with Crippen molar-refractivity contribution in [2.45, 2.75) is 32.9 Å². The van der Waals surface area contributed by atoms with E-state index >= 15 is 0 Å². The van der Waals surface area contributed by atoms with E-state index < -0.39 is 0 Å². The quantitative estimate of drug-likeness (QED) is 0.678. The Hall–Kier alpha value is -3.15. The molecule has 0 spiro atoms. The van der Waals surface area contributed by atoms with Gasteiger partial charge in [-0.3, -0.25) is 4.98 Å². The first-order valence-electron chi connectivity index (χ1n) is 8.89. The molecule has 6 heteroatoms. The van der Waals surface area contributed by atoms with Gasteiger partial charge in [-0.25, -0.2) is 4.98 Å². The van der Waals surface area contributed by atoms with Gasteiger partial charge in [-0.05, 0) is 39.0 Å². The van der Waals surface area contributed by atoms with Gasteiger partial charge in [0.15, 0.2) is 0 Å². The highest BCUT2D eigenvalue weighted by Crippen LogP contribution is 2.23. The van der Waals surface area contributed by atoms with E-state index in [9.17, 15) is 0 Å². The monoisotopic (exact) mass is 363 g/mol. The number of nitrogens with one attached hydrogen (secondary N) is 2. The lowest BCUT2D eigenvalue weighted by atomic mass is 10.1. The summed E-state index contributed by atoms with van der Waals surface area (Å²) in [6.45, 7) is 6.82. The van der Waals surface area contributed by atoms with Crippen molar-refractivity contribution in [3.8, 4) is 17.1 Å². The first-order chi connectivity index (χ1) is 12.9. The second-order valence-electron chi connectivity index (χ2n) is 7.22. The lowest BCUT2D eigenvalue weighted by molar-refractivity contribution is 0.410. The highest BCUT2D eigenvalue weighted by Gasteiger charge is 2.14. The molecule has 0 aliphatic carbocycles. The molecule has 0 fully saturated rings. The van der Waals surface area contributed by atoms with Crippen molar-refractivity contribution in [3.63, 3.8) is 0 Å². The standard InChI is InChI=1S/C21H25N5O/c1-21(2,3)26-20-24-17(16-10-7-8-12-22-16)13-19(25-20)23-14-15-9-5-6-11-18(15)27-4/h5-13H,14H2,1-4H3,(H2,23,24,25,26). The summed E-state index contributed by atoms with van der Waals surface area (Å²) in [6.07, 6.45) is 1.76. The van der Waals surface area contributed by atoms with Crippen molar-refractivity contribution in [2.24, 2.45) is 0 Å². The molecule has 0 aliphatic rings. The molecule has 2 N–H and O–H groups in total. The zero-order valence-electron chi connectivity index (χ0n) is 16.2. The van der Waals surface area contributed by atoms with Gasteiger partial charge >= 0.3 is 0 Å². The number of rotatable bonds is 6. The molecule has 0 unspecified atom stereocenters. The third kappa shape index (κ3) is 5.17. The van der Waals surface area contributed by atoms with Crippen molar-refractivity contribution < 1.29 is 4.74 Å². The molecule has 1 aromatic carbocycles. The highest BCUT2D eigenvalue weighted by atomic mass is 16.5. The summed E-state index contributed by atoms with van der Waals surface area (Å²) >= 11 is 0. The van der Waals surface area contributed by atoms with Crippen LogP contribution in [-0.4, -0.2) is 27.6 Å². The van der Waals surface area contributed by atoms with Gasteiger partial charge in [0.25, 0.3) is 0 Å². The van der Waals surface area contributed by atoms with Crippen molar-refractivity contribution in [1.29, 1.82) is 0 Å². The van der Waals surface area contributed by atoms with Gasteiger partial charge in [0.05, 0.1) is 18.5 Å². The fourth-order valence-corrected chi connectivity index (χ4v) is 2.61. The summed E-state index contributed by atoms with van der Waals surface area (Å²) in [4.78, 5) is 13.6. The van der Waals surface area contributed by atoms with Gasteiger partial charge in [-0.15, -0.1) is 0 Å². The summed E-state index contributed by atoms with van der Waals surface area (Å²) in [5.41, 5.74) is 2.48. The molecule has 0 aliphatic heterocycles. The number of nitrogens with zero attached hydrogens (tertiary/aromatic N) is 3. The zero-order valence-corrected chi connectivity index (χ0v) is 16.2. The van der Waals surface area contributed by atoms with Gasteiger partial charge < -0.3 is 15.4 Å². The Bertz CT molecular complexity index is 891. The minimum absolute atomic E-state index is 0.150. The van der Waals surface area contributed by atoms with Crippen LogP contribution in [0.5, 0.6) is 5.75 Å². The first kappa shape index (κ1) is 18.6. The summed E-state index contributed by atoms with van der Waals surface area (Å²) in [7, 11) is 1.67. The summed E-state index contributed by atoms with van der Waals surface area (Å²) in [5, 5.41) is 6.71. The number of pyridine rings is 1. The Labute approximate surface area is 160 Å². The molecule has 0 amide bonds. The first-order valence-corrected chi connectivity index (χ1v) is 8.89. The molecule has 0 bridgehead atoms. The van der Waals surface area contributed by atoms with Crippen LogP contribution in [0.15, 0.2) is 54.7 Å². The molecule has 0 atom stereocenters. The SMILES string of the molecule is COc1ccccc1CNc1cc(-c2ccccn2)nc(NC(C)(C)C)n1. The summed E-state index contributed by atoms with van der Waals surface area (Å²) in [6, 6.07) is 15.6. The maximum Gasteiger partial charge on any atom is 0.225 e. The molecular formula is C21H25N5O. The van der Waals surface area contributed by atoms with E-state index in [4.69, 9.17) is 4.74 Å². The molecule has 3 aromatic rings. The zero-order chi connectivity index (χ0) is 19.3. The van der Waals surface area contributed by atoms with E-state index in [1.807, 2.05) is 48.5 Å². The van der Waals surface area contributed by atoms with Crippen LogP contribution in [-0.2, 0) is 6.54 Å². The smallest absolute Gasteiger partial charge is 0.225 e. The van der Waals surface area contributed by atoms with Crippen LogP contribution in [0.25, 0.3) is 11.4 Å². The number of methoxy groups -OCH3 is 1. The van der Waals surface area contributed by atoms with Crippen LogP contribution < -0.4 is 15.4 Å². The maximum absolute atomic E-state index is 5.42. The largest absolute Gasteiger partial charge is 0.496 e. The highest BCUT2D eigenvalue weighted by molar-refractivity contribution is 5.61. The van der Waals surface area contributed by atoms with E-state index in [-0.39, 0.29) is 5.54 Å². The third-order valence-corrected chi connectivity index (χ3v) is 3.79. The van der Waals surface area contributed by atoms with Crippen molar-refractivity contribution in [3.05, 3.63) is 60.3 Å². The topological polar surface area (TPSA) is 72.0 Å². The Morgan fingerprint density at radius 1 is 0.963 bits per heavy atom. The number of aromatic nitrogens is 3. The minimum atomic E-state index is -0.150. The molecular weight excluding hydrogens is 338 g/mol. The summed E-state index contributed by atoms with van der Waals surface area (Å²) in [5.74, 6) is 2.13. The normalized spacial score (nSPS) is 11.1. The Morgan fingerprint density at radius 2 is 1.74 bits per heavy atom. The fourth-order valence-electron chi connectivity index (χ4n) is 2.61. The van der Waals surface area contributed by atoms with Crippen LogP contribution in [0.1, 0.15) is 26.3 Å². The Balaban J connectivity index is 1.90. The van der Waals surface area contributed by atoms with Crippen LogP contribution in [0, 0.1) is 0 Å². The molecule has 0 saturated carbocycles. The molecule has 2 heterocycles. The van der Waals surface area contributed by atoms with Crippen molar-refractivity contribution >= 4 is 11.8 Å². The van der Waals surface area contributed by atoms with E-state index in [1.54, 1.807) is 13.3 Å². The molecule has 140 valence electrons. The Morgan fingerprint density at radius 3 is 2.44 bits per heavy atom. The lowest BCUT2D eigenvalue weighted by Crippen LogP contribution is -2.27. The number of ether oxygens (including phenoxy) is 1. The van der Waals surface area contributed by atoms with Gasteiger partial charge in [0.2, 0.25) is 5.95 Å². The number of hydrogen-bond acceptors (Lipinski definition) is 6. The van der Waals surface area contributed by atoms with Gasteiger partial charge in [-0.1, -0.05) is 24.3 Å². The number of benzene rings is 1. The number of anilines is 2. The van der Waals surface area contributed by atoms with Gasteiger partial charge in [0, 0.05) is 29.9 Å². The molecule has 27 heavy (non-hydrogen) atoms. The van der Waals surface area contributed by atoms with Gasteiger partial charge in [-0.2, -0.15) is 4.98 Å². The van der Waals surface area contributed by atoms with Crippen LogP contribution >= 0.6 is 0 Å². The van der Waals surface area contributed by atoms with Crippen LogP contribution in [0.2, 0.25) is 0 Å². The summed E-state index contributed by atoms with van der Waals surface area (Å²) < 4.78 is 5.42. The lowest BCUT2D eigenvalue weighted by Gasteiger charge is -2.21. The second-order valence-corrected chi connectivity index (χ2v) is 7.22. The molecule has 6 nitrogen and oxygen atoms in total. The van der Waals surface area contributed by atoms with E-state index in [0.29, 0.717) is 12.5 Å². The van der Waals surface area contributed by atoms with Gasteiger partial charge in [0.1, 0.15) is 11.6 Å². The number of para-hydroxylation sites is 1. The Kier molecular flexibility index (Phi) is 5.54. The minimum Gasteiger partial charge on any atom is -0.496 e. The maximum atomic E-state index is 5.42. The molecule has 2 aromatic heterocycles. The van der Waals surface area contributed by atoms with E-state index in [0.717, 1.165) is 28.5 Å². The number of hydrogen-bond donors (Lipinski definition) is 2. The van der Waals surface area contributed by atoms with Crippen molar-refractivity contribution in [1.82, 2.24) is 15.0 Å². The van der Waals surface area contributed by atoms with Crippen molar-refractivity contribution in [2.75, 3.05) is 17.7 Å². The molecule has 0 radical (unpaired) electrons. The van der Waals surface area contributed by atoms with Crippen LogP contribution in [0.4, 0.5) is 11.8 Å². The van der Waals surface area contributed by atoms with Crippen LogP contribution in [0.3, 0.4) is 0 Å². The average molecular weight is 363 g/mol. The molecule has 0 saturated heterocycles. The third-order valence-electron chi connectivity index (χ3n) is 3.79. The second kappa shape index (κ2) is 8.03.